The molecular formula is C15H11F3O3. The topological polar surface area (TPSA) is 35.5 Å². The van der Waals surface area contributed by atoms with Crippen LogP contribution in [0.5, 0.6) is 11.5 Å². The zero-order valence-corrected chi connectivity index (χ0v) is 11.0. The molecule has 0 fully saturated rings. The lowest BCUT2D eigenvalue weighted by molar-refractivity contribution is 0.0920. The molecule has 0 heterocycles. The van der Waals surface area contributed by atoms with Gasteiger partial charge in [0.2, 0.25) is 0 Å². The van der Waals surface area contributed by atoms with Crippen molar-refractivity contribution in [3.05, 3.63) is 59.4 Å². The second kappa shape index (κ2) is 6.30. The molecule has 0 atom stereocenters. The molecule has 0 radical (unpaired) electrons. The first-order valence-electron chi connectivity index (χ1n) is 5.96. The van der Waals surface area contributed by atoms with Crippen molar-refractivity contribution in [1.82, 2.24) is 0 Å². The van der Waals surface area contributed by atoms with E-state index in [0.29, 0.717) is 0 Å². The van der Waals surface area contributed by atoms with Gasteiger partial charge in [0.25, 0.3) is 0 Å². The first-order valence-corrected chi connectivity index (χ1v) is 5.96. The Balaban J connectivity index is 2.04. The fourth-order valence-electron chi connectivity index (χ4n) is 1.64. The van der Waals surface area contributed by atoms with E-state index in [1.54, 1.807) is 0 Å². The number of carbonyl (C=O) groups is 1. The van der Waals surface area contributed by atoms with Crippen LogP contribution in [0.25, 0.3) is 0 Å². The third-order valence-electron chi connectivity index (χ3n) is 2.73. The summed E-state index contributed by atoms with van der Waals surface area (Å²) in [6, 6.07) is 6.65. The number of halogens is 3. The van der Waals surface area contributed by atoms with Gasteiger partial charge in [0.05, 0.1) is 7.11 Å². The number of ether oxygens (including phenoxy) is 2. The van der Waals surface area contributed by atoms with Gasteiger partial charge < -0.3 is 9.47 Å². The van der Waals surface area contributed by atoms with E-state index in [-0.39, 0.29) is 17.1 Å². The van der Waals surface area contributed by atoms with E-state index < -0.39 is 29.8 Å². The van der Waals surface area contributed by atoms with Crippen molar-refractivity contribution in [2.45, 2.75) is 0 Å². The molecule has 0 aliphatic heterocycles. The van der Waals surface area contributed by atoms with Crippen LogP contribution in [0.1, 0.15) is 10.4 Å². The number of rotatable bonds is 5. The van der Waals surface area contributed by atoms with E-state index in [0.717, 1.165) is 18.2 Å². The maximum atomic E-state index is 13.5. The van der Waals surface area contributed by atoms with Crippen LogP contribution in [0.15, 0.2) is 36.4 Å². The molecule has 3 nitrogen and oxygen atoms in total. The molecule has 0 aliphatic rings. The number of Topliss-reactive ketones (excluding diaryl/α,β-unsaturated/α-hetero) is 1. The van der Waals surface area contributed by atoms with E-state index in [4.69, 9.17) is 9.47 Å². The lowest BCUT2D eigenvalue weighted by Gasteiger charge is -2.07. The lowest BCUT2D eigenvalue weighted by atomic mass is 10.1. The minimum Gasteiger partial charge on any atom is -0.494 e. The van der Waals surface area contributed by atoms with Crippen LogP contribution in [0.4, 0.5) is 13.2 Å². The lowest BCUT2D eigenvalue weighted by Crippen LogP contribution is -2.12. The van der Waals surface area contributed by atoms with Crippen LogP contribution < -0.4 is 9.47 Å². The predicted molar refractivity (Wildman–Crippen MR) is 69.1 cm³/mol. The fraction of sp³-hybridized carbons (Fsp3) is 0.133. The fourth-order valence-corrected chi connectivity index (χ4v) is 1.64. The van der Waals surface area contributed by atoms with Gasteiger partial charge in [-0.05, 0) is 30.3 Å². The Bertz CT molecular complexity index is 671. The molecule has 2 rings (SSSR count). The number of ketones is 1. The number of carbonyl (C=O) groups excluding carboxylic acids is 1. The van der Waals surface area contributed by atoms with Crippen molar-refractivity contribution in [3.8, 4) is 11.5 Å². The van der Waals surface area contributed by atoms with Gasteiger partial charge in [-0.25, -0.2) is 13.2 Å². The van der Waals surface area contributed by atoms with Crippen molar-refractivity contribution >= 4 is 5.78 Å². The molecule has 0 N–H and O–H groups in total. The molecule has 0 saturated carbocycles. The first kappa shape index (κ1) is 14.9. The average molecular weight is 296 g/mol. The van der Waals surface area contributed by atoms with Crippen molar-refractivity contribution in [2.24, 2.45) is 0 Å². The van der Waals surface area contributed by atoms with Gasteiger partial charge in [0.15, 0.2) is 35.6 Å². The molecule has 2 aromatic rings. The smallest absolute Gasteiger partial charge is 0.200 e. The minimum atomic E-state index is -1.07. The van der Waals surface area contributed by atoms with E-state index in [9.17, 15) is 18.0 Å². The van der Waals surface area contributed by atoms with E-state index in [1.807, 2.05) is 0 Å². The summed E-state index contributed by atoms with van der Waals surface area (Å²) in [5, 5.41) is 0. The van der Waals surface area contributed by atoms with Crippen LogP contribution in [0.2, 0.25) is 0 Å². The molecule has 0 unspecified atom stereocenters. The summed E-state index contributed by atoms with van der Waals surface area (Å²) in [5.41, 5.74) is 0.0934. The largest absolute Gasteiger partial charge is 0.494 e. The monoisotopic (exact) mass is 296 g/mol. The Morgan fingerprint density at radius 2 is 1.76 bits per heavy atom. The summed E-state index contributed by atoms with van der Waals surface area (Å²) in [6.07, 6.45) is 0. The van der Waals surface area contributed by atoms with Gasteiger partial charge in [0.1, 0.15) is 5.75 Å². The quantitative estimate of drug-likeness (QED) is 0.794. The summed E-state index contributed by atoms with van der Waals surface area (Å²) in [7, 11) is 1.31. The first-order chi connectivity index (χ1) is 10.0. The van der Waals surface area contributed by atoms with Gasteiger partial charge in [0, 0.05) is 11.6 Å². The molecule has 2 aromatic carbocycles. The zero-order chi connectivity index (χ0) is 15.4. The van der Waals surface area contributed by atoms with Crippen molar-refractivity contribution in [3.63, 3.8) is 0 Å². The zero-order valence-electron chi connectivity index (χ0n) is 11.0. The van der Waals surface area contributed by atoms with Gasteiger partial charge in [-0.3, -0.25) is 4.79 Å². The van der Waals surface area contributed by atoms with Gasteiger partial charge in [-0.15, -0.1) is 0 Å². The average Bonchev–Trinajstić information content (AvgIpc) is 2.48. The summed E-state index contributed by atoms with van der Waals surface area (Å²) >= 11 is 0. The summed E-state index contributed by atoms with van der Waals surface area (Å²) < 4.78 is 48.9. The maximum absolute atomic E-state index is 13.5. The van der Waals surface area contributed by atoms with Crippen LogP contribution in [-0.2, 0) is 0 Å². The third-order valence-corrected chi connectivity index (χ3v) is 2.73. The van der Waals surface area contributed by atoms with Gasteiger partial charge in [-0.2, -0.15) is 0 Å². The Kier molecular flexibility index (Phi) is 4.47. The van der Waals surface area contributed by atoms with E-state index >= 15 is 0 Å². The standard InChI is InChI=1S/C15H11F3O3/c1-20-15-5-2-9(6-13(15)18)14(19)8-21-10-3-4-11(16)12(17)7-10/h2-7H,8H2,1H3. The number of hydrogen-bond acceptors (Lipinski definition) is 3. The van der Waals surface area contributed by atoms with E-state index in [2.05, 4.69) is 0 Å². The van der Waals surface area contributed by atoms with Crippen molar-refractivity contribution in [1.29, 1.82) is 0 Å². The maximum Gasteiger partial charge on any atom is 0.200 e. The van der Waals surface area contributed by atoms with Crippen LogP contribution in [-0.4, -0.2) is 19.5 Å². The number of methoxy groups -OCH3 is 1. The molecular weight excluding hydrogens is 285 g/mol. The Hall–Kier alpha value is -2.50. The predicted octanol–water partition coefficient (Wildman–Crippen LogP) is 3.37. The second-order valence-corrected chi connectivity index (χ2v) is 4.14. The Morgan fingerprint density at radius 3 is 2.38 bits per heavy atom. The molecule has 6 heteroatoms. The Morgan fingerprint density at radius 1 is 1.00 bits per heavy atom. The van der Waals surface area contributed by atoms with Gasteiger partial charge in [-0.1, -0.05) is 0 Å². The number of benzene rings is 2. The van der Waals surface area contributed by atoms with E-state index in [1.165, 1.54) is 25.3 Å². The normalized spacial score (nSPS) is 10.3. The highest BCUT2D eigenvalue weighted by Crippen LogP contribution is 2.19. The molecule has 0 saturated heterocycles. The minimum absolute atomic E-state index is 0.0104. The van der Waals surface area contributed by atoms with Crippen LogP contribution in [0, 0.1) is 17.5 Å². The summed E-state index contributed by atoms with van der Waals surface area (Å²) in [6.45, 7) is -0.420. The molecule has 0 bridgehead atoms. The number of hydrogen-bond donors (Lipinski definition) is 0. The van der Waals surface area contributed by atoms with Crippen LogP contribution >= 0.6 is 0 Å². The highest BCUT2D eigenvalue weighted by molar-refractivity contribution is 5.97. The Labute approximate surface area is 118 Å². The SMILES string of the molecule is COc1ccc(C(=O)COc2ccc(F)c(F)c2)cc1F. The summed E-state index contributed by atoms with van der Waals surface area (Å²) in [5.74, 6) is -3.22. The molecule has 0 amide bonds. The summed E-state index contributed by atoms with van der Waals surface area (Å²) in [4.78, 5) is 11.8. The molecule has 21 heavy (non-hydrogen) atoms. The second-order valence-electron chi connectivity index (χ2n) is 4.14. The molecule has 0 aromatic heterocycles. The third kappa shape index (κ3) is 3.53. The van der Waals surface area contributed by atoms with Crippen molar-refractivity contribution in [2.75, 3.05) is 13.7 Å². The molecule has 110 valence electrons. The van der Waals surface area contributed by atoms with Gasteiger partial charge >= 0.3 is 0 Å². The van der Waals surface area contributed by atoms with Crippen LogP contribution in [0.3, 0.4) is 0 Å². The highest BCUT2D eigenvalue weighted by atomic mass is 19.2. The highest BCUT2D eigenvalue weighted by Gasteiger charge is 2.11. The molecule has 0 spiro atoms. The van der Waals surface area contributed by atoms with Crippen molar-refractivity contribution < 1.29 is 27.4 Å². The molecule has 0 aliphatic carbocycles.